The molecule has 0 spiro atoms. The highest BCUT2D eigenvalue weighted by Crippen LogP contribution is 2.60. The quantitative estimate of drug-likeness (QED) is 0.150. The highest BCUT2D eigenvalue weighted by Gasteiger charge is 2.55. The molecule has 26 heavy (non-hydrogen) atoms. The summed E-state index contributed by atoms with van der Waals surface area (Å²) in [5, 5.41) is 0. The highest BCUT2D eigenvalue weighted by atomic mass is 79.9. The minimum Gasteiger partial charge on any atom is -0.465 e. The highest BCUT2D eigenvalue weighted by molar-refractivity contribution is 9.10. The Balaban J connectivity index is 1.36. The summed E-state index contributed by atoms with van der Waals surface area (Å²) in [5.74, 6) is -2.27. The van der Waals surface area contributed by atoms with E-state index in [1.807, 2.05) is 0 Å². The maximum Gasteiger partial charge on any atom is 0.367 e. The zero-order chi connectivity index (χ0) is 19.0. The third kappa shape index (κ3) is 4.28. The van der Waals surface area contributed by atoms with E-state index >= 15 is 0 Å². The van der Waals surface area contributed by atoms with Gasteiger partial charge in [0.25, 0.3) is 0 Å². The van der Waals surface area contributed by atoms with Gasteiger partial charge in [-0.3, -0.25) is 4.79 Å². The number of unbranched alkanes of at least 4 members (excludes halogenated alkanes) is 2. The number of hydrogen-bond acceptors (Lipinski definition) is 2. The SMILES string of the molecule is O=C(OCCCCC=CC(F)(F)C(F)(F)Br)C12CC3CC(CC(C3)C1)C2. The lowest BCUT2D eigenvalue weighted by atomic mass is 9.49. The molecule has 0 amide bonds. The smallest absolute Gasteiger partial charge is 0.367 e. The Kier molecular flexibility index (Phi) is 5.76. The van der Waals surface area contributed by atoms with Crippen LogP contribution in [0, 0.1) is 23.2 Å². The molecule has 2 nitrogen and oxygen atoms in total. The molecule has 4 aliphatic carbocycles. The zero-order valence-electron chi connectivity index (χ0n) is 14.7. The van der Waals surface area contributed by atoms with E-state index in [9.17, 15) is 22.4 Å². The summed E-state index contributed by atoms with van der Waals surface area (Å²) in [4.78, 5) is 8.36. The minimum absolute atomic E-state index is 0.0855. The molecule has 0 aromatic carbocycles. The van der Waals surface area contributed by atoms with E-state index in [0.29, 0.717) is 30.6 Å². The van der Waals surface area contributed by atoms with E-state index in [1.54, 1.807) is 15.9 Å². The van der Waals surface area contributed by atoms with Gasteiger partial charge in [-0.15, -0.1) is 0 Å². The van der Waals surface area contributed by atoms with E-state index in [1.165, 1.54) is 19.3 Å². The standard InChI is InChI=1S/C19H25BrF4O2/c20-19(23,24)18(21,22)5-3-1-2-4-6-26-16(25)17-10-13-7-14(11-17)9-15(8-13)12-17/h3,5,13-15H,1-2,4,6-12H2. The molecular formula is C19H25BrF4O2. The van der Waals surface area contributed by atoms with Crippen LogP contribution in [0.15, 0.2) is 12.2 Å². The van der Waals surface area contributed by atoms with Crippen LogP contribution < -0.4 is 0 Å². The second-order valence-electron chi connectivity index (χ2n) is 8.35. The van der Waals surface area contributed by atoms with E-state index in [4.69, 9.17) is 4.74 Å². The summed E-state index contributed by atoms with van der Waals surface area (Å²) in [7, 11) is 0. The van der Waals surface area contributed by atoms with Crippen molar-refractivity contribution in [3.8, 4) is 0 Å². The summed E-state index contributed by atoms with van der Waals surface area (Å²) in [6, 6.07) is 0. The first kappa shape index (κ1) is 20.2. The Morgan fingerprint density at radius 1 is 1.04 bits per heavy atom. The molecule has 0 aromatic heterocycles. The third-order valence-corrected chi connectivity index (χ3v) is 6.70. The van der Waals surface area contributed by atoms with Crippen molar-refractivity contribution in [1.82, 2.24) is 0 Å². The van der Waals surface area contributed by atoms with Gasteiger partial charge in [-0.05, 0) is 97.5 Å². The van der Waals surface area contributed by atoms with Gasteiger partial charge in [-0.25, -0.2) is 0 Å². The number of esters is 1. The summed E-state index contributed by atoms with van der Waals surface area (Å²) < 4.78 is 56.7. The molecule has 4 saturated carbocycles. The van der Waals surface area contributed by atoms with Crippen LogP contribution in [-0.4, -0.2) is 23.3 Å². The van der Waals surface area contributed by atoms with Crippen molar-refractivity contribution in [1.29, 1.82) is 0 Å². The largest absolute Gasteiger partial charge is 0.465 e. The van der Waals surface area contributed by atoms with E-state index in [2.05, 4.69) is 0 Å². The number of alkyl halides is 5. The lowest BCUT2D eigenvalue weighted by Gasteiger charge is -2.55. The maximum atomic E-state index is 13.0. The molecule has 7 heteroatoms. The van der Waals surface area contributed by atoms with E-state index in [-0.39, 0.29) is 30.5 Å². The van der Waals surface area contributed by atoms with Gasteiger partial charge in [-0.1, -0.05) is 6.08 Å². The molecule has 4 fully saturated rings. The van der Waals surface area contributed by atoms with Gasteiger partial charge in [0.15, 0.2) is 0 Å². The number of rotatable bonds is 8. The molecular weight excluding hydrogens is 416 g/mol. The second kappa shape index (κ2) is 7.44. The molecule has 4 bridgehead atoms. The molecule has 0 radical (unpaired) electrons. The predicted octanol–water partition coefficient (Wildman–Crippen LogP) is 6.10. The average Bonchev–Trinajstić information content (AvgIpc) is 2.51. The number of allylic oxidation sites excluding steroid dienone is 2. The summed E-state index contributed by atoms with van der Waals surface area (Å²) in [5.41, 5.74) is -0.280. The molecule has 0 aliphatic heterocycles. The fraction of sp³-hybridized carbons (Fsp3) is 0.842. The molecule has 0 heterocycles. The van der Waals surface area contributed by atoms with Gasteiger partial charge in [0.2, 0.25) is 0 Å². The van der Waals surface area contributed by atoms with Crippen LogP contribution in [0.1, 0.15) is 57.8 Å². The summed E-state index contributed by atoms with van der Waals surface area (Å²) in [6.07, 6.45) is 9.22. The van der Waals surface area contributed by atoms with Gasteiger partial charge >= 0.3 is 16.7 Å². The van der Waals surface area contributed by atoms with Crippen molar-refractivity contribution >= 4 is 21.9 Å². The number of carbonyl (C=O) groups excluding carboxylic acids is 1. The molecule has 4 rings (SSSR count). The number of halogens is 5. The summed E-state index contributed by atoms with van der Waals surface area (Å²) >= 11 is 1.68. The van der Waals surface area contributed by atoms with Crippen molar-refractivity contribution in [2.75, 3.05) is 6.61 Å². The van der Waals surface area contributed by atoms with Crippen LogP contribution in [0.2, 0.25) is 0 Å². The molecule has 4 aliphatic rings. The Morgan fingerprint density at radius 3 is 2.08 bits per heavy atom. The van der Waals surface area contributed by atoms with Crippen LogP contribution in [-0.2, 0) is 9.53 Å². The predicted molar refractivity (Wildman–Crippen MR) is 93.4 cm³/mol. The lowest BCUT2D eigenvalue weighted by Crippen LogP contribution is -2.50. The van der Waals surface area contributed by atoms with Gasteiger partial charge in [0, 0.05) is 0 Å². The number of hydrogen-bond donors (Lipinski definition) is 0. The minimum atomic E-state index is -4.25. The molecule has 0 aromatic rings. The average molecular weight is 441 g/mol. The molecule has 0 N–H and O–H groups in total. The van der Waals surface area contributed by atoms with Crippen LogP contribution in [0.5, 0.6) is 0 Å². The Hall–Kier alpha value is -0.590. The van der Waals surface area contributed by atoms with Crippen LogP contribution in [0.25, 0.3) is 0 Å². The Bertz CT molecular complexity index is 521. The van der Waals surface area contributed by atoms with Crippen molar-refractivity contribution in [3.63, 3.8) is 0 Å². The van der Waals surface area contributed by atoms with Crippen molar-refractivity contribution in [2.24, 2.45) is 23.2 Å². The van der Waals surface area contributed by atoms with E-state index in [0.717, 1.165) is 25.3 Å². The first-order valence-electron chi connectivity index (χ1n) is 9.41. The Labute approximate surface area is 159 Å². The Morgan fingerprint density at radius 2 is 1.58 bits per heavy atom. The van der Waals surface area contributed by atoms with Crippen LogP contribution in [0.3, 0.4) is 0 Å². The summed E-state index contributed by atoms with van der Waals surface area (Å²) in [6.45, 7) is 0.263. The van der Waals surface area contributed by atoms with Crippen LogP contribution in [0.4, 0.5) is 17.6 Å². The first-order chi connectivity index (χ1) is 12.1. The van der Waals surface area contributed by atoms with Crippen molar-refractivity contribution in [2.45, 2.75) is 68.5 Å². The van der Waals surface area contributed by atoms with Gasteiger partial charge < -0.3 is 4.74 Å². The van der Waals surface area contributed by atoms with E-state index < -0.39 is 10.8 Å². The molecule has 148 valence electrons. The van der Waals surface area contributed by atoms with Gasteiger partial charge in [0.05, 0.1) is 12.0 Å². The second-order valence-corrected chi connectivity index (χ2v) is 9.35. The van der Waals surface area contributed by atoms with Crippen molar-refractivity contribution < 1.29 is 27.1 Å². The van der Waals surface area contributed by atoms with Crippen LogP contribution >= 0.6 is 15.9 Å². The first-order valence-corrected chi connectivity index (χ1v) is 10.2. The topological polar surface area (TPSA) is 26.3 Å². The maximum absolute atomic E-state index is 13.0. The zero-order valence-corrected chi connectivity index (χ0v) is 16.3. The monoisotopic (exact) mass is 440 g/mol. The van der Waals surface area contributed by atoms with Gasteiger partial charge in [-0.2, -0.15) is 17.6 Å². The lowest BCUT2D eigenvalue weighted by molar-refractivity contribution is -0.171. The third-order valence-electron chi connectivity index (χ3n) is 6.17. The fourth-order valence-corrected chi connectivity index (χ4v) is 5.50. The normalized spacial score (nSPS) is 33.8. The molecule has 0 unspecified atom stereocenters. The number of ether oxygens (including phenoxy) is 1. The fourth-order valence-electron chi connectivity index (χ4n) is 5.37. The van der Waals surface area contributed by atoms with Gasteiger partial charge in [0.1, 0.15) is 0 Å². The molecule has 0 saturated heterocycles. The van der Waals surface area contributed by atoms with Crippen molar-refractivity contribution in [3.05, 3.63) is 12.2 Å². The number of carbonyl (C=O) groups is 1. The molecule has 0 atom stereocenters.